The van der Waals surface area contributed by atoms with Gasteiger partial charge in [0.25, 0.3) is 0 Å². The molecule has 0 fully saturated rings. The van der Waals surface area contributed by atoms with Gasteiger partial charge in [0.2, 0.25) is 0 Å². The molecule has 0 saturated heterocycles. The molecule has 0 nitrogen and oxygen atoms in total. The van der Waals surface area contributed by atoms with Gasteiger partial charge >= 0.3 is 0 Å². The number of rotatable bonds is 4. The molecule has 0 spiro atoms. The standard InChI is InChI=1S/C9H12S.C6H12/c1-3-5-9-7-6-8(4-2)10-9;1-4-6(3)5-2/h4,6-7H,2-3,5H2,1H3;4H,5H2,1-3H3/b;6-4+. The molecule has 0 amide bonds. The number of thiophene rings is 1. The molecule has 1 aromatic rings. The van der Waals surface area contributed by atoms with E-state index in [1.807, 2.05) is 17.4 Å². The summed E-state index contributed by atoms with van der Waals surface area (Å²) in [5, 5.41) is 0. The van der Waals surface area contributed by atoms with Crippen molar-refractivity contribution in [2.75, 3.05) is 0 Å². The van der Waals surface area contributed by atoms with Crippen LogP contribution in [0.25, 0.3) is 6.08 Å². The predicted molar refractivity (Wildman–Crippen MR) is 78.1 cm³/mol. The average molecular weight is 236 g/mol. The predicted octanol–water partition coefficient (Wildman–Crippen LogP) is 5.71. The van der Waals surface area contributed by atoms with E-state index in [4.69, 9.17) is 0 Å². The van der Waals surface area contributed by atoms with Gasteiger partial charge in [-0.05, 0) is 38.8 Å². The van der Waals surface area contributed by atoms with Gasteiger partial charge in [0.05, 0.1) is 0 Å². The Morgan fingerprint density at radius 1 is 1.38 bits per heavy atom. The highest BCUT2D eigenvalue weighted by Gasteiger charge is 1.93. The van der Waals surface area contributed by atoms with Crippen molar-refractivity contribution in [3.8, 4) is 0 Å². The zero-order valence-electron chi connectivity index (χ0n) is 11.0. The maximum atomic E-state index is 3.71. The molecule has 1 rings (SSSR count). The molecule has 1 heterocycles. The summed E-state index contributed by atoms with van der Waals surface area (Å²) in [6.07, 6.45) is 7.68. The molecule has 16 heavy (non-hydrogen) atoms. The Balaban J connectivity index is 0.000000325. The molecule has 90 valence electrons. The monoisotopic (exact) mass is 236 g/mol. The van der Waals surface area contributed by atoms with Gasteiger partial charge in [-0.15, -0.1) is 11.3 Å². The van der Waals surface area contributed by atoms with E-state index in [2.05, 4.69) is 52.5 Å². The molecule has 0 aliphatic carbocycles. The van der Waals surface area contributed by atoms with Gasteiger partial charge in [-0.1, -0.05) is 44.6 Å². The Morgan fingerprint density at radius 3 is 2.38 bits per heavy atom. The number of hydrogen-bond donors (Lipinski definition) is 0. The smallest absolute Gasteiger partial charge is 0.0267 e. The van der Waals surface area contributed by atoms with Crippen molar-refractivity contribution in [2.24, 2.45) is 0 Å². The molecule has 0 saturated carbocycles. The molecular weight excluding hydrogens is 212 g/mol. The minimum Gasteiger partial charge on any atom is -0.141 e. The van der Waals surface area contributed by atoms with E-state index in [0.29, 0.717) is 0 Å². The topological polar surface area (TPSA) is 0 Å². The summed E-state index contributed by atoms with van der Waals surface area (Å²) >= 11 is 1.84. The van der Waals surface area contributed by atoms with E-state index >= 15 is 0 Å². The first kappa shape index (κ1) is 15.2. The van der Waals surface area contributed by atoms with Crippen LogP contribution in [0.5, 0.6) is 0 Å². The van der Waals surface area contributed by atoms with Crippen molar-refractivity contribution >= 4 is 17.4 Å². The minimum absolute atomic E-state index is 1.19. The molecule has 0 aliphatic rings. The Morgan fingerprint density at radius 2 is 2.06 bits per heavy atom. The molecule has 0 aromatic carbocycles. The van der Waals surface area contributed by atoms with E-state index in [9.17, 15) is 0 Å². The van der Waals surface area contributed by atoms with E-state index in [0.717, 1.165) is 0 Å². The maximum Gasteiger partial charge on any atom is 0.0267 e. The highest BCUT2D eigenvalue weighted by molar-refractivity contribution is 7.12. The van der Waals surface area contributed by atoms with Gasteiger partial charge in [-0.3, -0.25) is 0 Å². The molecule has 0 N–H and O–H groups in total. The van der Waals surface area contributed by atoms with Crippen LogP contribution in [0.2, 0.25) is 0 Å². The third kappa shape index (κ3) is 6.62. The zero-order valence-corrected chi connectivity index (χ0v) is 11.9. The van der Waals surface area contributed by atoms with Crippen LogP contribution < -0.4 is 0 Å². The molecule has 0 unspecified atom stereocenters. The quantitative estimate of drug-likeness (QED) is 0.588. The van der Waals surface area contributed by atoms with Crippen LogP contribution in [-0.2, 0) is 6.42 Å². The molecule has 0 aliphatic heterocycles. The SMILES string of the molecule is C/C=C(\C)CC.C=Cc1ccc(CCC)s1. The van der Waals surface area contributed by atoms with E-state index in [1.54, 1.807) is 0 Å². The fourth-order valence-corrected chi connectivity index (χ4v) is 2.05. The second-order valence-electron chi connectivity index (χ2n) is 3.75. The maximum absolute atomic E-state index is 3.71. The van der Waals surface area contributed by atoms with Crippen molar-refractivity contribution < 1.29 is 0 Å². The lowest BCUT2D eigenvalue weighted by Crippen LogP contribution is -1.71. The summed E-state index contributed by atoms with van der Waals surface area (Å²) in [5.74, 6) is 0. The lowest BCUT2D eigenvalue weighted by molar-refractivity contribution is 0.940. The van der Waals surface area contributed by atoms with Gasteiger partial charge in [-0.2, -0.15) is 0 Å². The molecule has 1 heteroatoms. The number of hydrogen-bond acceptors (Lipinski definition) is 1. The number of aryl methyl sites for hydroxylation is 1. The van der Waals surface area contributed by atoms with Crippen LogP contribution in [0.4, 0.5) is 0 Å². The van der Waals surface area contributed by atoms with Crippen molar-refractivity contribution in [2.45, 2.75) is 47.0 Å². The fourth-order valence-electron chi connectivity index (χ4n) is 1.09. The largest absolute Gasteiger partial charge is 0.141 e. The van der Waals surface area contributed by atoms with Crippen molar-refractivity contribution in [1.29, 1.82) is 0 Å². The summed E-state index contributed by atoms with van der Waals surface area (Å²) in [4.78, 5) is 2.75. The van der Waals surface area contributed by atoms with Crippen LogP contribution in [0.15, 0.2) is 30.4 Å². The van der Waals surface area contributed by atoms with Gasteiger partial charge in [-0.25, -0.2) is 0 Å². The van der Waals surface area contributed by atoms with Crippen LogP contribution >= 0.6 is 11.3 Å². The van der Waals surface area contributed by atoms with Crippen molar-refractivity contribution in [3.05, 3.63) is 40.1 Å². The molecular formula is C15H24S. The minimum atomic E-state index is 1.19. The Labute approximate surface area is 105 Å². The normalized spacial score (nSPS) is 10.6. The second kappa shape index (κ2) is 9.41. The third-order valence-corrected chi connectivity index (χ3v) is 3.57. The molecule has 0 bridgehead atoms. The highest BCUT2D eigenvalue weighted by Crippen LogP contribution is 2.18. The van der Waals surface area contributed by atoms with Crippen molar-refractivity contribution in [3.63, 3.8) is 0 Å². The lowest BCUT2D eigenvalue weighted by atomic mass is 10.2. The van der Waals surface area contributed by atoms with Crippen LogP contribution in [0.1, 0.15) is 50.3 Å². The summed E-state index contributed by atoms with van der Waals surface area (Å²) < 4.78 is 0. The van der Waals surface area contributed by atoms with Crippen LogP contribution in [0.3, 0.4) is 0 Å². The van der Waals surface area contributed by atoms with E-state index < -0.39 is 0 Å². The van der Waals surface area contributed by atoms with Crippen molar-refractivity contribution in [1.82, 2.24) is 0 Å². The Kier molecular flexibility index (Phi) is 8.93. The fraction of sp³-hybridized carbons (Fsp3) is 0.467. The molecule has 0 radical (unpaired) electrons. The summed E-state index contributed by atoms with van der Waals surface area (Å²) in [6.45, 7) is 12.3. The molecule has 1 aromatic heterocycles. The van der Waals surface area contributed by atoms with E-state index in [1.165, 1.54) is 34.6 Å². The average Bonchev–Trinajstić information content (AvgIpc) is 2.77. The van der Waals surface area contributed by atoms with Crippen LogP contribution in [0, 0.1) is 0 Å². The summed E-state index contributed by atoms with van der Waals surface area (Å²) in [7, 11) is 0. The van der Waals surface area contributed by atoms with Gasteiger partial charge in [0.1, 0.15) is 0 Å². The first-order chi connectivity index (χ1) is 7.67. The first-order valence-corrected chi connectivity index (χ1v) is 6.82. The highest BCUT2D eigenvalue weighted by atomic mass is 32.1. The Bertz CT molecular complexity index is 318. The summed E-state index contributed by atoms with van der Waals surface area (Å²) in [5.41, 5.74) is 1.47. The van der Waals surface area contributed by atoms with Gasteiger partial charge in [0, 0.05) is 9.75 Å². The van der Waals surface area contributed by atoms with E-state index in [-0.39, 0.29) is 0 Å². The second-order valence-corrected chi connectivity index (χ2v) is 4.95. The zero-order chi connectivity index (χ0) is 12.4. The number of allylic oxidation sites excluding steroid dienone is 2. The third-order valence-electron chi connectivity index (χ3n) is 2.43. The van der Waals surface area contributed by atoms with Gasteiger partial charge < -0.3 is 0 Å². The Hall–Kier alpha value is -0.820. The summed E-state index contributed by atoms with van der Waals surface area (Å²) in [6, 6.07) is 4.31. The lowest BCUT2D eigenvalue weighted by Gasteiger charge is -1.87. The van der Waals surface area contributed by atoms with Gasteiger partial charge in [0.15, 0.2) is 0 Å². The first-order valence-electron chi connectivity index (χ1n) is 6.00. The molecule has 0 atom stereocenters. The van der Waals surface area contributed by atoms with Crippen LogP contribution in [-0.4, -0.2) is 0 Å².